The topological polar surface area (TPSA) is 112 Å². The molecule has 0 N–H and O–H groups in total. The van der Waals surface area contributed by atoms with Crippen LogP contribution >= 0.6 is 0 Å². The zero-order chi connectivity index (χ0) is 22.7. The van der Waals surface area contributed by atoms with Gasteiger partial charge in [-0.2, -0.15) is 9.29 Å². The molecule has 0 amide bonds. The Bertz CT molecular complexity index is 1220. The third-order valence-corrected chi connectivity index (χ3v) is 6.90. The van der Waals surface area contributed by atoms with E-state index in [9.17, 15) is 17.6 Å². The first kappa shape index (κ1) is 21.9. The van der Waals surface area contributed by atoms with Crippen LogP contribution in [0.5, 0.6) is 5.75 Å². The second-order valence-corrected chi connectivity index (χ2v) is 8.98. The van der Waals surface area contributed by atoms with Crippen molar-refractivity contribution in [3.05, 3.63) is 59.7 Å². The van der Waals surface area contributed by atoms with Gasteiger partial charge < -0.3 is 14.0 Å². The highest BCUT2D eigenvalue weighted by Crippen LogP contribution is 2.30. The van der Waals surface area contributed by atoms with Crippen LogP contribution in [0.2, 0.25) is 0 Å². The van der Waals surface area contributed by atoms with Gasteiger partial charge in [-0.3, -0.25) is 0 Å². The van der Waals surface area contributed by atoms with Gasteiger partial charge in [0.15, 0.2) is 6.61 Å². The summed E-state index contributed by atoms with van der Waals surface area (Å²) in [4.78, 5) is 16.6. The summed E-state index contributed by atoms with van der Waals surface area (Å²) in [6, 6.07) is 9.60. The van der Waals surface area contributed by atoms with Gasteiger partial charge in [0.25, 0.3) is 5.89 Å². The zero-order valence-electron chi connectivity index (χ0n) is 17.2. The van der Waals surface area contributed by atoms with Crippen LogP contribution in [-0.4, -0.2) is 49.0 Å². The van der Waals surface area contributed by atoms with Gasteiger partial charge in [0.1, 0.15) is 16.5 Å². The fraction of sp³-hybridized carbons (Fsp3) is 0.286. The van der Waals surface area contributed by atoms with Crippen LogP contribution in [0.4, 0.5) is 4.39 Å². The van der Waals surface area contributed by atoms with E-state index in [2.05, 4.69) is 10.1 Å². The monoisotopic (exact) mass is 461 g/mol. The molecule has 0 unspecified atom stereocenters. The summed E-state index contributed by atoms with van der Waals surface area (Å²) in [7, 11) is -2.44. The minimum Gasteiger partial charge on any atom is -0.495 e. The van der Waals surface area contributed by atoms with Crippen molar-refractivity contribution in [2.45, 2.75) is 24.3 Å². The molecule has 1 aliphatic heterocycles. The van der Waals surface area contributed by atoms with Gasteiger partial charge in [0.05, 0.1) is 12.7 Å². The fourth-order valence-electron chi connectivity index (χ4n) is 3.31. The predicted octanol–water partition coefficient (Wildman–Crippen LogP) is 3.03. The fourth-order valence-corrected chi connectivity index (χ4v) is 5.01. The lowest BCUT2D eigenvalue weighted by molar-refractivity contribution is 0.0429. The molecule has 4 rings (SSSR count). The van der Waals surface area contributed by atoms with Crippen LogP contribution in [-0.2, 0) is 21.4 Å². The van der Waals surface area contributed by atoms with Crippen LogP contribution in [0.25, 0.3) is 11.4 Å². The molecule has 0 spiro atoms. The van der Waals surface area contributed by atoms with Gasteiger partial charge in [-0.15, -0.1) is 0 Å². The zero-order valence-corrected chi connectivity index (χ0v) is 18.0. The van der Waals surface area contributed by atoms with E-state index in [1.165, 1.54) is 53.9 Å². The van der Waals surface area contributed by atoms with Crippen LogP contribution in [0, 0.1) is 5.82 Å². The Kier molecular flexibility index (Phi) is 6.19. The molecule has 3 aromatic rings. The van der Waals surface area contributed by atoms with E-state index in [0.29, 0.717) is 18.7 Å². The van der Waals surface area contributed by atoms with Crippen LogP contribution in [0.15, 0.2) is 51.9 Å². The Morgan fingerprint density at radius 3 is 2.56 bits per heavy atom. The maximum absolute atomic E-state index is 13.0. The molecule has 11 heteroatoms. The number of rotatable bonds is 7. The Morgan fingerprint density at radius 2 is 1.88 bits per heavy atom. The SMILES string of the molecule is COc1ccc(C(=O)OCc2nc(-c3ccc(F)cc3)no2)cc1S(=O)(=O)N1CCCC1. The molecule has 0 bridgehead atoms. The lowest BCUT2D eigenvalue weighted by atomic mass is 10.2. The smallest absolute Gasteiger partial charge is 0.338 e. The van der Waals surface area contributed by atoms with Gasteiger partial charge in [0, 0.05) is 18.7 Å². The van der Waals surface area contributed by atoms with Crippen molar-refractivity contribution in [1.82, 2.24) is 14.4 Å². The largest absolute Gasteiger partial charge is 0.495 e. The van der Waals surface area contributed by atoms with E-state index in [1.807, 2.05) is 0 Å². The molecule has 2 aromatic carbocycles. The number of sulfonamides is 1. The second-order valence-electron chi connectivity index (χ2n) is 7.07. The summed E-state index contributed by atoms with van der Waals surface area (Å²) in [6.45, 7) is 0.536. The Hall–Kier alpha value is -3.31. The van der Waals surface area contributed by atoms with Crippen molar-refractivity contribution in [1.29, 1.82) is 0 Å². The third kappa shape index (κ3) is 4.48. The molecule has 1 aromatic heterocycles. The predicted molar refractivity (Wildman–Crippen MR) is 110 cm³/mol. The molecule has 0 aliphatic carbocycles. The number of hydrogen-bond acceptors (Lipinski definition) is 8. The maximum atomic E-state index is 13.0. The lowest BCUT2D eigenvalue weighted by Crippen LogP contribution is -2.28. The van der Waals surface area contributed by atoms with Gasteiger partial charge in [-0.25, -0.2) is 17.6 Å². The van der Waals surface area contributed by atoms with E-state index in [1.54, 1.807) is 0 Å². The van der Waals surface area contributed by atoms with E-state index in [0.717, 1.165) is 12.8 Å². The molecule has 0 saturated carbocycles. The minimum atomic E-state index is -3.80. The molecule has 1 fully saturated rings. The summed E-state index contributed by atoms with van der Waals surface area (Å²) in [5, 5.41) is 3.78. The number of benzene rings is 2. The number of ether oxygens (including phenoxy) is 2. The van der Waals surface area contributed by atoms with Gasteiger partial charge in [0.2, 0.25) is 15.8 Å². The molecule has 1 saturated heterocycles. The average Bonchev–Trinajstić information content (AvgIpc) is 3.50. The molecule has 168 valence electrons. The molecule has 9 nitrogen and oxygen atoms in total. The number of methoxy groups -OCH3 is 1. The average molecular weight is 461 g/mol. The van der Waals surface area contributed by atoms with Crippen LogP contribution in [0.3, 0.4) is 0 Å². The molecule has 0 atom stereocenters. The van der Waals surface area contributed by atoms with Crippen LogP contribution in [0.1, 0.15) is 29.1 Å². The van der Waals surface area contributed by atoms with Crippen LogP contribution < -0.4 is 4.74 Å². The number of carbonyl (C=O) groups is 1. The van der Waals surface area contributed by atoms with E-state index in [-0.39, 0.29) is 34.5 Å². The molecule has 0 radical (unpaired) electrons. The molecular formula is C21H20FN3O6S. The first-order valence-electron chi connectivity index (χ1n) is 9.82. The second kappa shape index (κ2) is 9.05. The van der Waals surface area contributed by atoms with Gasteiger partial charge in [-0.05, 0) is 55.3 Å². The van der Waals surface area contributed by atoms with Crippen molar-refractivity contribution in [3.8, 4) is 17.1 Å². The summed E-state index contributed by atoms with van der Waals surface area (Å²) >= 11 is 0. The highest BCUT2D eigenvalue weighted by atomic mass is 32.2. The molecule has 32 heavy (non-hydrogen) atoms. The summed E-state index contributed by atoms with van der Waals surface area (Å²) in [5.74, 6) is -0.742. The highest BCUT2D eigenvalue weighted by molar-refractivity contribution is 7.89. The number of esters is 1. The Morgan fingerprint density at radius 1 is 1.16 bits per heavy atom. The standard InChI is InChI=1S/C21H20FN3O6S/c1-29-17-9-6-15(12-18(17)32(27,28)25-10-2-3-11-25)21(26)30-13-19-23-20(24-31-19)14-4-7-16(22)8-5-14/h4-9,12H,2-3,10-11,13H2,1H3. The number of nitrogens with zero attached hydrogens (tertiary/aromatic N) is 3. The Balaban J connectivity index is 1.49. The first-order chi connectivity index (χ1) is 15.4. The summed E-state index contributed by atoms with van der Waals surface area (Å²) in [6.07, 6.45) is 1.57. The van der Waals surface area contributed by atoms with Crippen molar-refractivity contribution in [3.63, 3.8) is 0 Å². The van der Waals surface area contributed by atoms with Crippen molar-refractivity contribution in [2.24, 2.45) is 0 Å². The van der Waals surface area contributed by atoms with Gasteiger partial charge in [-0.1, -0.05) is 5.16 Å². The summed E-state index contributed by atoms with van der Waals surface area (Å²) < 4.78 is 55.8. The normalized spacial score (nSPS) is 14.4. The number of aromatic nitrogens is 2. The van der Waals surface area contributed by atoms with Gasteiger partial charge >= 0.3 is 5.97 Å². The first-order valence-corrected chi connectivity index (χ1v) is 11.3. The van der Waals surface area contributed by atoms with Crippen molar-refractivity contribution < 1.29 is 31.6 Å². The molecule has 2 heterocycles. The lowest BCUT2D eigenvalue weighted by Gasteiger charge is -2.18. The van der Waals surface area contributed by atoms with E-state index < -0.39 is 21.8 Å². The highest BCUT2D eigenvalue weighted by Gasteiger charge is 2.31. The third-order valence-electron chi connectivity index (χ3n) is 4.98. The summed E-state index contributed by atoms with van der Waals surface area (Å²) in [5.41, 5.74) is 0.585. The Labute approximate surface area is 183 Å². The quantitative estimate of drug-likeness (QED) is 0.494. The molecular weight excluding hydrogens is 441 g/mol. The molecule has 1 aliphatic rings. The number of carbonyl (C=O) groups excluding carboxylic acids is 1. The number of hydrogen-bond donors (Lipinski definition) is 0. The van der Waals surface area contributed by atoms with E-state index >= 15 is 0 Å². The van der Waals surface area contributed by atoms with E-state index in [4.69, 9.17) is 14.0 Å². The van der Waals surface area contributed by atoms with Crippen molar-refractivity contribution >= 4 is 16.0 Å². The van der Waals surface area contributed by atoms with Crippen molar-refractivity contribution in [2.75, 3.05) is 20.2 Å². The number of halogens is 1. The minimum absolute atomic E-state index is 0.0381. The maximum Gasteiger partial charge on any atom is 0.338 e.